The van der Waals surface area contributed by atoms with Crippen molar-refractivity contribution in [1.29, 1.82) is 0 Å². The van der Waals surface area contributed by atoms with E-state index < -0.39 is 0 Å². The Morgan fingerprint density at radius 1 is 1.31 bits per heavy atom. The lowest BCUT2D eigenvalue weighted by molar-refractivity contribution is -0.125. The van der Waals surface area contributed by atoms with Gasteiger partial charge in [0, 0.05) is 35.8 Å². The summed E-state index contributed by atoms with van der Waals surface area (Å²) < 4.78 is 1.77. The van der Waals surface area contributed by atoms with E-state index in [1.807, 2.05) is 20.8 Å². The van der Waals surface area contributed by atoms with Gasteiger partial charge in [-0.2, -0.15) is 5.10 Å². The van der Waals surface area contributed by atoms with E-state index in [4.69, 9.17) is 0 Å². The summed E-state index contributed by atoms with van der Waals surface area (Å²) in [6.45, 7) is 7.30. The second-order valence-electron chi connectivity index (χ2n) is 7.52. The van der Waals surface area contributed by atoms with Crippen molar-refractivity contribution >= 4 is 23.3 Å². The first kappa shape index (κ1) is 20.7. The minimum Gasteiger partial charge on any atom is -0.326 e. The summed E-state index contributed by atoms with van der Waals surface area (Å²) in [7, 11) is 0. The molecule has 154 valence electrons. The fourth-order valence-corrected chi connectivity index (χ4v) is 3.58. The maximum absolute atomic E-state index is 12.4. The number of carbonyl (C=O) groups excluding carboxylic acids is 3. The molecule has 2 aromatic rings. The van der Waals surface area contributed by atoms with Crippen LogP contribution in [0.4, 0.5) is 5.69 Å². The Morgan fingerprint density at radius 3 is 2.76 bits per heavy atom. The van der Waals surface area contributed by atoms with Gasteiger partial charge in [0.05, 0.1) is 5.69 Å². The summed E-state index contributed by atoms with van der Waals surface area (Å²) in [6.07, 6.45) is 0.875. The van der Waals surface area contributed by atoms with Gasteiger partial charge in [0.25, 0.3) is 0 Å². The smallest absolute Gasteiger partial charge is 0.224 e. The van der Waals surface area contributed by atoms with Crippen molar-refractivity contribution in [3.8, 4) is 0 Å². The molecule has 1 aliphatic heterocycles. The molecule has 1 aromatic heterocycles. The summed E-state index contributed by atoms with van der Waals surface area (Å²) in [4.78, 5) is 35.7. The van der Waals surface area contributed by atoms with E-state index >= 15 is 0 Å². The minimum atomic E-state index is -0.387. The number of rotatable bonds is 6. The molecule has 29 heavy (non-hydrogen) atoms. The Hall–Kier alpha value is -3.00. The topological polar surface area (TPSA) is 105 Å². The lowest BCUT2D eigenvalue weighted by atomic mass is 10.1. The predicted octanol–water partition coefficient (Wildman–Crippen LogP) is 2.23. The molecule has 2 unspecified atom stereocenters. The third kappa shape index (κ3) is 4.89. The van der Waals surface area contributed by atoms with Crippen LogP contribution in [-0.4, -0.2) is 33.4 Å². The molecule has 2 atom stereocenters. The van der Waals surface area contributed by atoms with E-state index in [2.05, 4.69) is 21.0 Å². The highest BCUT2D eigenvalue weighted by Crippen LogP contribution is 2.20. The number of amides is 2. The van der Waals surface area contributed by atoms with Gasteiger partial charge in [0.1, 0.15) is 0 Å². The van der Waals surface area contributed by atoms with Crippen LogP contribution in [0.15, 0.2) is 24.3 Å². The average molecular weight is 397 g/mol. The van der Waals surface area contributed by atoms with Crippen LogP contribution < -0.4 is 16.0 Å². The summed E-state index contributed by atoms with van der Waals surface area (Å²) in [6, 6.07) is 6.97. The molecule has 0 spiro atoms. The van der Waals surface area contributed by atoms with Crippen LogP contribution in [0.5, 0.6) is 0 Å². The van der Waals surface area contributed by atoms with Gasteiger partial charge in [0.2, 0.25) is 11.8 Å². The molecule has 0 saturated carbocycles. The van der Waals surface area contributed by atoms with Crippen LogP contribution in [0.25, 0.3) is 0 Å². The highest BCUT2D eigenvalue weighted by molar-refractivity contribution is 5.97. The monoisotopic (exact) mass is 397 g/mol. The molecule has 1 saturated heterocycles. The molecule has 0 radical (unpaired) electrons. The van der Waals surface area contributed by atoms with E-state index in [9.17, 15) is 14.4 Å². The molecule has 0 aliphatic carbocycles. The highest BCUT2D eigenvalue weighted by Gasteiger charge is 2.27. The lowest BCUT2D eigenvalue weighted by Crippen LogP contribution is -2.52. The molecule has 8 nitrogen and oxygen atoms in total. The first-order valence-electron chi connectivity index (χ1n) is 9.75. The molecule has 3 N–H and O–H groups in total. The maximum atomic E-state index is 12.4. The van der Waals surface area contributed by atoms with Crippen molar-refractivity contribution in [1.82, 2.24) is 20.4 Å². The zero-order chi connectivity index (χ0) is 21.1. The molecule has 8 heteroatoms. The number of carbonyl (C=O) groups is 3. The molecule has 1 aliphatic rings. The molecule has 3 rings (SSSR count). The Bertz CT molecular complexity index is 950. The number of hydrogen-bond acceptors (Lipinski definition) is 5. The van der Waals surface area contributed by atoms with Crippen LogP contribution in [-0.2, 0) is 16.0 Å². The average Bonchev–Trinajstić information content (AvgIpc) is 2.93. The van der Waals surface area contributed by atoms with E-state index in [1.54, 1.807) is 28.9 Å². The van der Waals surface area contributed by atoms with Crippen LogP contribution in [0.1, 0.15) is 60.3 Å². The Morgan fingerprint density at radius 2 is 2.07 bits per heavy atom. The van der Waals surface area contributed by atoms with E-state index in [0.29, 0.717) is 30.5 Å². The van der Waals surface area contributed by atoms with Crippen molar-refractivity contribution in [2.24, 2.45) is 0 Å². The molecule has 2 amide bonds. The van der Waals surface area contributed by atoms with Crippen molar-refractivity contribution in [3.05, 3.63) is 46.8 Å². The molecule has 1 fully saturated rings. The Balaban J connectivity index is 1.65. The van der Waals surface area contributed by atoms with Gasteiger partial charge in [-0.25, -0.2) is 4.68 Å². The second-order valence-corrected chi connectivity index (χ2v) is 7.52. The number of nitrogens with one attached hydrogen (secondary N) is 3. The minimum absolute atomic E-state index is 0.0116. The fraction of sp³-hybridized carbons (Fsp3) is 0.429. The molecular formula is C21H27N5O3. The quantitative estimate of drug-likeness (QED) is 0.648. The van der Waals surface area contributed by atoms with Crippen LogP contribution >= 0.6 is 0 Å². The Labute approximate surface area is 170 Å². The number of ketones is 1. The molecule has 0 bridgehead atoms. The third-order valence-corrected chi connectivity index (χ3v) is 5.11. The van der Waals surface area contributed by atoms with E-state index in [1.165, 1.54) is 6.92 Å². The van der Waals surface area contributed by atoms with Crippen molar-refractivity contribution < 1.29 is 14.4 Å². The number of aryl methyl sites for hydroxylation is 1. The maximum Gasteiger partial charge on any atom is 0.224 e. The summed E-state index contributed by atoms with van der Waals surface area (Å²) in [5, 5.41) is 13.6. The SMILES string of the molecule is CC(=O)c1cccc(NC(=O)CCc2c(C)nn(C3NC(=O)CC(C)N3)c2C)c1. The van der Waals surface area contributed by atoms with Crippen LogP contribution in [0.2, 0.25) is 0 Å². The zero-order valence-corrected chi connectivity index (χ0v) is 17.2. The largest absolute Gasteiger partial charge is 0.326 e. The Kier molecular flexibility index (Phi) is 6.12. The number of nitrogens with zero attached hydrogens (tertiary/aromatic N) is 2. The first-order valence-corrected chi connectivity index (χ1v) is 9.75. The molecule has 2 heterocycles. The van der Waals surface area contributed by atoms with Crippen molar-refractivity contribution in [2.45, 2.75) is 59.3 Å². The lowest BCUT2D eigenvalue weighted by Gasteiger charge is -2.30. The molecular weight excluding hydrogens is 370 g/mol. The summed E-state index contributed by atoms with van der Waals surface area (Å²) in [5.41, 5.74) is 3.91. The standard InChI is InChI=1S/C21H27N5O3/c1-12-10-20(29)24-21(22-12)26-14(3)18(13(2)25-26)8-9-19(28)23-17-7-5-6-16(11-17)15(4)27/h5-7,11-12,21-22H,8-10H2,1-4H3,(H,23,28)(H,24,29). The number of benzene rings is 1. The van der Waals surface area contributed by atoms with Gasteiger partial charge in [-0.1, -0.05) is 12.1 Å². The number of hydrogen-bond donors (Lipinski definition) is 3. The van der Waals surface area contributed by atoms with Gasteiger partial charge in [0.15, 0.2) is 12.1 Å². The van der Waals surface area contributed by atoms with Gasteiger partial charge < -0.3 is 10.6 Å². The van der Waals surface area contributed by atoms with Crippen LogP contribution in [0.3, 0.4) is 0 Å². The normalized spacial score (nSPS) is 19.0. The second kappa shape index (κ2) is 8.57. The fourth-order valence-electron chi connectivity index (χ4n) is 3.58. The van der Waals surface area contributed by atoms with Gasteiger partial charge in [-0.3, -0.25) is 19.7 Å². The number of aromatic nitrogens is 2. The predicted molar refractivity (Wildman–Crippen MR) is 109 cm³/mol. The van der Waals surface area contributed by atoms with E-state index in [-0.39, 0.29) is 29.9 Å². The first-order chi connectivity index (χ1) is 13.7. The molecule has 1 aromatic carbocycles. The highest BCUT2D eigenvalue weighted by atomic mass is 16.2. The van der Waals surface area contributed by atoms with Crippen molar-refractivity contribution in [3.63, 3.8) is 0 Å². The third-order valence-electron chi connectivity index (χ3n) is 5.11. The van der Waals surface area contributed by atoms with Crippen LogP contribution in [0, 0.1) is 13.8 Å². The van der Waals surface area contributed by atoms with Gasteiger partial charge >= 0.3 is 0 Å². The summed E-state index contributed by atoms with van der Waals surface area (Å²) >= 11 is 0. The number of Topliss-reactive ketones (excluding diaryl/α,β-unsaturated/α-hetero) is 1. The zero-order valence-electron chi connectivity index (χ0n) is 17.2. The van der Waals surface area contributed by atoms with Gasteiger partial charge in [-0.15, -0.1) is 0 Å². The van der Waals surface area contributed by atoms with E-state index in [0.717, 1.165) is 17.0 Å². The van der Waals surface area contributed by atoms with Crippen molar-refractivity contribution in [2.75, 3.05) is 5.32 Å². The summed E-state index contributed by atoms with van der Waals surface area (Å²) in [5.74, 6) is -0.185. The van der Waals surface area contributed by atoms with Gasteiger partial charge in [-0.05, 0) is 51.8 Å². The number of anilines is 1.